The van der Waals surface area contributed by atoms with Gasteiger partial charge in [0.15, 0.2) is 0 Å². The first-order valence-corrected chi connectivity index (χ1v) is 7.45. The molecule has 0 saturated heterocycles. The molecule has 0 aromatic heterocycles. The molecular weight excluding hydrogens is 264 g/mol. The van der Waals surface area contributed by atoms with Crippen LogP contribution in [-0.4, -0.2) is 31.6 Å². The van der Waals surface area contributed by atoms with E-state index in [1.165, 1.54) is 11.8 Å². The number of likely N-dealkylation sites (N-methyl/N-ethyl adjacent to an activating group) is 1. The molecule has 3 rings (SSSR count). The number of rotatable bonds is 3. The van der Waals surface area contributed by atoms with Gasteiger partial charge in [0.25, 0.3) is 0 Å². The van der Waals surface area contributed by atoms with Crippen molar-refractivity contribution in [1.82, 2.24) is 4.90 Å². The molecule has 0 spiro atoms. The van der Waals surface area contributed by atoms with Crippen LogP contribution >= 0.6 is 11.8 Å². The van der Waals surface area contributed by atoms with Crippen LogP contribution in [0.15, 0.2) is 58.2 Å². The van der Waals surface area contributed by atoms with Gasteiger partial charge in [-0.05, 0) is 45.2 Å². The lowest BCUT2D eigenvalue weighted by molar-refractivity contribution is 0.319. The molecule has 1 aliphatic rings. The van der Waals surface area contributed by atoms with Gasteiger partial charge < -0.3 is 9.80 Å². The van der Waals surface area contributed by atoms with Gasteiger partial charge >= 0.3 is 0 Å². The Morgan fingerprint density at radius 2 is 1.90 bits per heavy atom. The molecule has 2 nitrogen and oxygen atoms in total. The topological polar surface area (TPSA) is 6.48 Å². The summed E-state index contributed by atoms with van der Waals surface area (Å²) < 4.78 is 32.6. The van der Waals surface area contributed by atoms with E-state index < -0.39 is 0 Å². The summed E-state index contributed by atoms with van der Waals surface area (Å²) in [7, 11) is 4.02. The minimum atomic E-state index is -0.179. The third-order valence-electron chi connectivity index (χ3n) is 3.60. The Kier molecular flexibility index (Phi) is 2.61. The quantitative estimate of drug-likeness (QED) is 0.834. The number of nitrogens with zero attached hydrogens (tertiary/aromatic N) is 2. The molecule has 0 bridgehead atoms. The summed E-state index contributed by atoms with van der Waals surface area (Å²) in [6, 6.07) is 7.86. The zero-order valence-corrected chi connectivity index (χ0v) is 12.7. The summed E-state index contributed by atoms with van der Waals surface area (Å²) in [5, 5.41) is 0. The predicted octanol–water partition coefficient (Wildman–Crippen LogP) is 4.24. The second-order valence-corrected chi connectivity index (χ2v) is 6.22. The Morgan fingerprint density at radius 3 is 2.70 bits per heavy atom. The van der Waals surface area contributed by atoms with Crippen molar-refractivity contribution in [1.29, 1.82) is 0 Å². The molecule has 1 heterocycles. The highest BCUT2D eigenvalue weighted by Gasteiger charge is 2.24. The monoisotopic (exact) mass is 288 g/mol. The molecule has 1 aliphatic heterocycles. The van der Waals surface area contributed by atoms with Gasteiger partial charge in [0.1, 0.15) is 0 Å². The van der Waals surface area contributed by atoms with Crippen LogP contribution in [0.3, 0.4) is 0 Å². The Balaban J connectivity index is 2.22. The van der Waals surface area contributed by atoms with E-state index in [4.69, 9.17) is 5.48 Å². The maximum Gasteiger partial charge on any atom is 0.0645 e. The number of hydrogen-bond donors (Lipinski definition) is 0. The van der Waals surface area contributed by atoms with Crippen LogP contribution in [0.25, 0.3) is 0 Å². The fraction of sp³-hybridized carbons (Fsp3) is 0.294. The molecule has 104 valence electrons. The Labute approximate surface area is 131 Å². The minimum absolute atomic E-state index is 0.0268. The molecule has 1 atom stereocenters. The van der Waals surface area contributed by atoms with Gasteiger partial charge in [-0.3, -0.25) is 0 Å². The van der Waals surface area contributed by atoms with Gasteiger partial charge in [-0.15, -0.1) is 0 Å². The van der Waals surface area contributed by atoms with Crippen molar-refractivity contribution in [2.24, 2.45) is 0 Å². The fourth-order valence-corrected chi connectivity index (χ4v) is 3.18. The lowest BCUT2D eigenvalue weighted by Crippen LogP contribution is -2.37. The largest absolute Gasteiger partial charge is 0.338 e. The average Bonchev–Trinajstić information content (AvgIpc) is 2.57. The smallest absolute Gasteiger partial charge is 0.0645 e. The molecule has 1 unspecified atom stereocenters. The van der Waals surface area contributed by atoms with E-state index in [1.807, 2.05) is 43.3 Å². The van der Waals surface area contributed by atoms with Crippen LogP contribution < -0.4 is 4.90 Å². The van der Waals surface area contributed by atoms with Gasteiger partial charge in [0.05, 0.1) is 16.9 Å². The summed E-state index contributed by atoms with van der Waals surface area (Å²) in [5.74, 6) is 0. The first-order chi connectivity index (χ1) is 11.3. The Bertz CT molecular complexity index is 795. The third kappa shape index (κ3) is 2.43. The second kappa shape index (κ2) is 5.51. The molecule has 0 N–H and O–H groups in total. The highest BCUT2D eigenvalue weighted by atomic mass is 32.2. The van der Waals surface area contributed by atoms with Gasteiger partial charge in [-0.2, -0.15) is 0 Å². The standard InChI is InChI=1S/C17H20N2S/c1-13(18(2)3)12-19-14-8-4-6-10-16(14)20-17-11-7-5-9-15(17)19/h4-11,13H,12H2,1-3H3/i4D,6D,8D,10D. The van der Waals surface area contributed by atoms with Gasteiger partial charge in [-0.25, -0.2) is 0 Å². The summed E-state index contributed by atoms with van der Waals surface area (Å²) in [5.41, 5.74) is 1.58. The third-order valence-corrected chi connectivity index (χ3v) is 4.67. The molecule has 2 aromatic rings. The van der Waals surface area contributed by atoms with Crippen molar-refractivity contribution < 1.29 is 5.48 Å². The van der Waals surface area contributed by atoms with Crippen molar-refractivity contribution >= 4 is 23.1 Å². The van der Waals surface area contributed by atoms with Crippen molar-refractivity contribution in [3.63, 3.8) is 0 Å². The second-order valence-electron chi connectivity index (χ2n) is 5.17. The number of hydrogen-bond acceptors (Lipinski definition) is 3. The highest BCUT2D eigenvalue weighted by Crippen LogP contribution is 2.47. The maximum atomic E-state index is 8.37. The zero-order valence-electron chi connectivity index (χ0n) is 15.9. The van der Waals surface area contributed by atoms with E-state index in [9.17, 15) is 0 Å². The van der Waals surface area contributed by atoms with Crippen LogP contribution in [0.1, 0.15) is 12.4 Å². The molecule has 2 aromatic carbocycles. The maximum absolute atomic E-state index is 8.37. The SMILES string of the molecule is [2H]c1c([2H])c([2H])c2c(c1[2H])Sc1ccccc1N2CC(C)N(C)C. The average molecular weight is 288 g/mol. The summed E-state index contributed by atoms with van der Waals surface area (Å²) in [6.07, 6.45) is 0. The van der Waals surface area contributed by atoms with Gasteiger partial charge in [0.2, 0.25) is 0 Å². The van der Waals surface area contributed by atoms with E-state index in [0.29, 0.717) is 17.1 Å². The molecule has 3 heteroatoms. The number of fused-ring (bicyclic) bond motifs is 2. The zero-order chi connectivity index (χ0) is 17.6. The predicted molar refractivity (Wildman–Crippen MR) is 87.2 cm³/mol. The van der Waals surface area contributed by atoms with E-state index >= 15 is 0 Å². The van der Waals surface area contributed by atoms with Crippen LogP contribution in [0, 0.1) is 0 Å². The molecule has 0 aliphatic carbocycles. The Hall–Kier alpha value is -1.45. The molecule has 0 fully saturated rings. The van der Waals surface area contributed by atoms with Crippen molar-refractivity contribution in [2.45, 2.75) is 22.8 Å². The van der Waals surface area contributed by atoms with Crippen LogP contribution in [0.5, 0.6) is 0 Å². The first kappa shape index (κ1) is 9.48. The molecule has 0 amide bonds. The number of anilines is 2. The fourth-order valence-electron chi connectivity index (χ4n) is 2.17. The lowest BCUT2D eigenvalue weighted by Gasteiger charge is -2.36. The van der Waals surface area contributed by atoms with Gasteiger partial charge in [0, 0.05) is 22.4 Å². The van der Waals surface area contributed by atoms with Crippen LogP contribution in [0.2, 0.25) is 0 Å². The van der Waals surface area contributed by atoms with Crippen molar-refractivity contribution in [3.8, 4) is 0 Å². The molecular formula is C17H20N2S. The van der Waals surface area contributed by atoms with E-state index in [-0.39, 0.29) is 30.2 Å². The van der Waals surface area contributed by atoms with Crippen molar-refractivity contribution in [2.75, 3.05) is 25.5 Å². The lowest BCUT2D eigenvalue weighted by atomic mass is 10.2. The number of benzene rings is 2. The molecule has 20 heavy (non-hydrogen) atoms. The summed E-state index contributed by atoms with van der Waals surface area (Å²) in [6.45, 7) is 2.76. The normalized spacial score (nSPS) is 17.7. The molecule has 0 saturated carbocycles. The van der Waals surface area contributed by atoms with E-state index in [1.54, 1.807) is 0 Å². The Morgan fingerprint density at radius 1 is 1.15 bits per heavy atom. The summed E-state index contributed by atoms with van der Waals surface area (Å²) in [4.78, 5) is 5.76. The van der Waals surface area contributed by atoms with Crippen molar-refractivity contribution in [3.05, 3.63) is 48.4 Å². The van der Waals surface area contributed by atoms with Crippen LogP contribution in [0.4, 0.5) is 11.4 Å². The highest BCUT2D eigenvalue weighted by molar-refractivity contribution is 7.99. The molecule has 0 radical (unpaired) electrons. The van der Waals surface area contributed by atoms with Crippen LogP contribution in [-0.2, 0) is 0 Å². The van der Waals surface area contributed by atoms with E-state index in [2.05, 4.69) is 11.8 Å². The minimum Gasteiger partial charge on any atom is -0.338 e. The summed E-state index contributed by atoms with van der Waals surface area (Å²) >= 11 is 1.42. The first-order valence-electron chi connectivity index (χ1n) is 8.64. The van der Waals surface area contributed by atoms with E-state index in [0.717, 1.165) is 10.6 Å². The number of para-hydroxylation sites is 2. The van der Waals surface area contributed by atoms with Gasteiger partial charge in [-0.1, -0.05) is 36.0 Å².